The van der Waals surface area contributed by atoms with E-state index in [0.29, 0.717) is 18.1 Å². The summed E-state index contributed by atoms with van der Waals surface area (Å²) in [6.45, 7) is 5.16. The highest BCUT2D eigenvalue weighted by Gasteiger charge is 2.17. The first-order chi connectivity index (χ1) is 15.0. The first kappa shape index (κ1) is 21.9. The predicted octanol–water partition coefficient (Wildman–Crippen LogP) is 4.85. The molecule has 1 aromatic carbocycles. The second kappa shape index (κ2) is 9.88. The number of amides is 1. The molecule has 0 radical (unpaired) electrons. The number of benzene rings is 1. The Morgan fingerprint density at radius 2 is 2.03 bits per heavy atom. The first-order valence-corrected chi connectivity index (χ1v) is 12.6. The van der Waals surface area contributed by atoms with Crippen molar-refractivity contribution < 1.29 is 9.21 Å². The monoisotopic (exact) mass is 473 g/mol. The van der Waals surface area contributed by atoms with Crippen molar-refractivity contribution in [1.82, 2.24) is 24.6 Å². The van der Waals surface area contributed by atoms with Gasteiger partial charge in [-0.25, -0.2) is 4.98 Å². The van der Waals surface area contributed by atoms with E-state index in [1.807, 2.05) is 37.3 Å². The second-order valence-electron chi connectivity index (χ2n) is 6.93. The molecule has 4 aromatic rings. The molecule has 0 atom stereocenters. The lowest BCUT2D eigenvalue weighted by atomic mass is 10.3. The Labute approximate surface area is 193 Å². The van der Waals surface area contributed by atoms with Crippen molar-refractivity contribution in [3.63, 3.8) is 0 Å². The molecule has 0 aliphatic rings. The van der Waals surface area contributed by atoms with Gasteiger partial charge in [0.25, 0.3) is 0 Å². The van der Waals surface area contributed by atoms with Crippen molar-refractivity contribution in [1.29, 1.82) is 0 Å². The molecule has 10 heteroatoms. The highest BCUT2D eigenvalue weighted by molar-refractivity contribution is 8.00. The van der Waals surface area contributed by atoms with Crippen molar-refractivity contribution in [2.45, 2.75) is 42.2 Å². The van der Waals surface area contributed by atoms with Crippen LogP contribution in [0.2, 0.25) is 0 Å². The summed E-state index contributed by atoms with van der Waals surface area (Å²) in [6, 6.07) is 11.9. The van der Waals surface area contributed by atoms with E-state index >= 15 is 0 Å². The van der Waals surface area contributed by atoms with Gasteiger partial charge in [-0.1, -0.05) is 35.7 Å². The van der Waals surface area contributed by atoms with E-state index in [2.05, 4.69) is 32.7 Å². The highest BCUT2D eigenvalue weighted by Crippen LogP contribution is 2.31. The van der Waals surface area contributed by atoms with Crippen LogP contribution in [0.5, 0.6) is 0 Å². The molecule has 0 saturated carbocycles. The topological polar surface area (TPSA) is 77.1 Å². The normalized spacial score (nSPS) is 11.3. The van der Waals surface area contributed by atoms with E-state index in [1.165, 1.54) is 16.5 Å². The summed E-state index contributed by atoms with van der Waals surface area (Å²) in [7, 11) is 1.78. The van der Waals surface area contributed by atoms with E-state index in [0.717, 1.165) is 38.9 Å². The summed E-state index contributed by atoms with van der Waals surface area (Å²) in [4.78, 5) is 18.9. The van der Waals surface area contributed by atoms with E-state index in [1.54, 1.807) is 35.0 Å². The number of aromatic nitrogens is 4. The quantitative estimate of drug-likeness (QED) is 0.322. The lowest BCUT2D eigenvalue weighted by Crippen LogP contribution is -2.27. The molecule has 3 heterocycles. The van der Waals surface area contributed by atoms with Gasteiger partial charge in [-0.15, -0.1) is 21.5 Å². The zero-order chi connectivity index (χ0) is 21.8. The molecule has 0 saturated heterocycles. The fraction of sp³-hybridized carbons (Fsp3) is 0.333. The Bertz CT molecular complexity index is 1150. The molecular formula is C21H23N5O2S3. The minimum absolute atomic E-state index is 0.0232. The molecule has 3 aromatic heterocycles. The van der Waals surface area contributed by atoms with Crippen molar-refractivity contribution in [3.05, 3.63) is 53.7 Å². The Morgan fingerprint density at radius 3 is 2.77 bits per heavy atom. The molecule has 162 valence electrons. The average molecular weight is 474 g/mol. The van der Waals surface area contributed by atoms with E-state index in [9.17, 15) is 4.79 Å². The number of thiazole rings is 1. The second-order valence-corrected chi connectivity index (χ2v) is 10.1. The molecule has 7 nitrogen and oxygen atoms in total. The molecule has 0 spiro atoms. The van der Waals surface area contributed by atoms with Crippen LogP contribution >= 0.6 is 34.9 Å². The number of fused-ring (bicyclic) bond motifs is 1. The van der Waals surface area contributed by atoms with Gasteiger partial charge in [0.15, 0.2) is 9.50 Å². The number of hydrogen-bond acceptors (Lipinski definition) is 8. The maximum atomic E-state index is 12.5. The standard InChI is InChI=1S/C21H23N5O2S3/c1-4-26-18(12-30-21-22-16-7-5-6-8-17(16)31-21)23-24-20(26)29-13-19(27)25(3)11-15-10-9-14(2)28-15/h5-10H,4,11-13H2,1-3H3. The number of nitrogens with zero attached hydrogens (tertiary/aromatic N) is 5. The summed E-state index contributed by atoms with van der Waals surface area (Å²) in [5, 5.41) is 9.44. The van der Waals surface area contributed by atoms with Gasteiger partial charge in [0.05, 0.1) is 28.3 Å². The maximum absolute atomic E-state index is 12.5. The Morgan fingerprint density at radius 1 is 1.19 bits per heavy atom. The SMILES string of the molecule is CCn1c(CSc2nc3ccccc3s2)nnc1SCC(=O)N(C)Cc1ccc(C)o1. The van der Waals surface area contributed by atoms with Crippen LogP contribution in [-0.2, 0) is 23.6 Å². The molecule has 1 amide bonds. The minimum Gasteiger partial charge on any atom is -0.464 e. The van der Waals surface area contributed by atoms with Crippen LogP contribution in [0.3, 0.4) is 0 Å². The van der Waals surface area contributed by atoms with Crippen LogP contribution in [0.4, 0.5) is 0 Å². The fourth-order valence-corrected chi connectivity index (χ4v) is 5.99. The van der Waals surface area contributed by atoms with Gasteiger partial charge in [0.2, 0.25) is 5.91 Å². The predicted molar refractivity (Wildman–Crippen MR) is 126 cm³/mol. The minimum atomic E-state index is 0.0232. The summed E-state index contributed by atoms with van der Waals surface area (Å²) in [5.41, 5.74) is 1.02. The number of carbonyl (C=O) groups excluding carboxylic acids is 1. The zero-order valence-corrected chi connectivity index (χ0v) is 20.0. The fourth-order valence-electron chi connectivity index (χ4n) is 3.02. The van der Waals surface area contributed by atoms with Crippen LogP contribution in [0.1, 0.15) is 24.3 Å². The van der Waals surface area contributed by atoms with Crippen LogP contribution in [0.15, 0.2) is 50.3 Å². The Kier molecular flexibility index (Phi) is 6.99. The molecule has 0 fully saturated rings. The van der Waals surface area contributed by atoms with Gasteiger partial charge < -0.3 is 13.9 Å². The van der Waals surface area contributed by atoms with Crippen molar-refractivity contribution in [3.8, 4) is 0 Å². The number of aryl methyl sites for hydroxylation is 1. The van der Waals surface area contributed by atoms with Crippen molar-refractivity contribution >= 4 is 51.0 Å². The van der Waals surface area contributed by atoms with Gasteiger partial charge in [0.1, 0.15) is 17.3 Å². The van der Waals surface area contributed by atoms with Gasteiger partial charge >= 0.3 is 0 Å². The third kappa shape index (κ3) is 5.31. The summed E-state index contributed by atoms with van der Waals surface area (Å²) >= 11 is 4.77. The first-order valence-electron chi connectivity index (χ1n) is 9.86. The highest BCUT2D eigenvalue weighted by atomic mass is 32.2. The third-order valence-corrected chi connectivity index (χ3v) is 7.78. The van der Waals surface area contributed by atoms with Gasteiger partial charge in [-0.3, -0.25) is 4.79 Å². The average Bonchev–Trinajstić information content (AvgIpc) is 3.47. The van der Waals surface area contributed by atoms with Gasteiger partial charge in [-0.2, -0.15) is 0 Å². The van der Waals surface area contributed by atoms with Crippen LogP contribution in [0, 0.1) is 6.92 Å². The van der Waals surface area contributed by atoms with Gasteiger partial charge in [0, 0.05) is 13.6 Å². The third-order valence-electron chi connectivity index (χ3n) is 4.65. The molecule has 0 unspecified atom stereocenters. The largest absolute Gasteiger partial charge is 0.464 e. The molecular weight excluding hydrogens is 450 g/mol. The Balaban J connectivity index is 1.34. The van der Waals surface area contributed by atoms with E-state index in [4.69, 9.17) is 4.42 Å². The van der Waals surface area contributed by atoms with E-state index in [-0.39, 0.29) is 5.91 Å². The molecule has 31 heavy (non-hydrogen) atoms. The van der Waals surface area contributed by atoms with Crippen LogP contribution in [-0.4, -0.2) is 43.4 Å². The molecule has 4 rings (SSSR count). The molecule has 0 aliphatic heterocycles. The summed E-state index contributed by atoms with van der Waals surface area (Å²) < 4.78 is 9.82. The van der Waals surface area contributed by atoms with Crippen molar-refractivity contribution in [2.75, 3.05) is 12.8 Å². The Hall–Kier alpha value is -2.30. The van der Waals surface area contributed by atoms with Crippen LogP contribution in [0.25, 0.3) is 10.2 Å². The number of rotatable bonds is 9. The van der Waals surface area contributed by atoms with Gasteiger partial charge in [-0.05, 0) is 38.1 Å². The number of para-hydroxylation sites is 1. The smallest absolute Gasteiger partial charge is 0.233 e. The summed E-state index contributed by atoms with van der Waals surface area (Å²) in [6.07, 6.45) is 0. The summed E-state index contributed by atoms with van der Waals surface area (Å²) in [5.74, 6) is 3.53. The molecule has 0 bridgehead atoms. The number of furan rings is 1. The van der Waals surface area contributed by atoms with Crippen molar-refractivity contribution in [2.24, 2.45) is 0 Å². The number of thioether (sulfide) groups is 2. The zero-order valence-electron chi connectivity index (χ0n) is 17.6. The maximum Gasteiger partial charge on any atom is 0.233 e. The lowest BCUT2D eigenvalue weighted by Gasteiger charge is -2.15. The van der Waals surface area contributed by atoms with E-state index < -0.39 is 0 Å². The lowest BCUT2D eigenvalue weighted by molar-refractivity contribution is -0.127. The number of carbonyl (C=O) groups is 1. The number of hydrogen-bond donors (Lipinski definition) is 0. The molecule has 0 N–H and O–H groups in total. The van der Waals surface area contributed by atoms with Crippen LogP contribution < -0.4 is 0 Å². The molecule has 0 aliphatic carbocycles.